The molecular formula is C43H49N5O6Si. The van der Waals surface area contributed by atoms with Crippen LogP contribution in [0, 0.1) is 5.92 Å². The van der Waals surface area contributed by atoms with E-state index in [0.717, 1.165) is 28.1 Å². The Morgan fingerprint density at radius 3 is 2.36 bits per heavy atom. The second kappa shape index (κ2) is 15.5. The third-order valence-electron chi connectivity index (χ3n) is 11.6. The largest absolute Gasteiger partial charge is 0.497 e. The molecule has 2 amide bonds. The Morgan fingerprint density at radius 2 is 1.69 bits per heavy atom. The number of carbonyl (C=O) groups excluding carboxylic acids is 2. The van der Waals surface area contributed by atoms with Crippen molar-refractivity contribution in [1.82, 2.24) is 15.0 Å². The maximum absolute atomic E-state index is 15.1. The van der Waals surface area contributed by atoms with Gasteiger partial charge in [-0.1, -0.05) is 103 Å². The Morgan fingerprint density at radius 1 is 1.00 bits per heavy atom. The summed E-state index contributed by atoms with van der Waals surface area (Å²) >= 11 is 0. The number of nitrogens with zero attached hydrogens (tertiary/aromatic N) is 4. The lowest BCUT2D eigenvalue weighted by atomic mass is 9.82. The second-order valence-corrected chi connectivity index (χ2v) is 20.0. The van der Waals surface area contributed by atoms with Crippen molar-refractivity contribution in [2.45, 2.75) is 75.7 Å². The number of para-hydroxylation sites is 1. The number of benzene rings is 4. The van der Waals surface area contributed by atoms with E-state index in [1.807, 2.05) is 94.6 Å². The van der Waals surface area contributed by atoms with E-state index in [2.05, 4.69) is 47.8 Å². The van der Waals surface area contributed by atoms with Crippen LogP contribution in [0.25, 0.3) is 0 Å². The lowest BCUT2D eigenvalue weighted by Crippen LogP contribution is -2.51. The number of ether oxygens (including phenoxy) is 2. The number of aliphatic hydroxyl groups excluding tert-OH is 2. The molecule has 0 radical (unpaired) electrons. The number of aliphatic hydroxyl groups is 2. The van der Waals surface area contributed by atoms with Crippen molar-refractivity contribution in [3.63, 3.8) is 0 Å². The van der Waals surface area contributed by atoms with Crippen LogP contribution >= 0.6 is 0 Å². The van der Waals surface area contributed by atoms with Crippen LogP contribution in [-0.4, -0.2) is 71.0 Å². The number of anilines is 2. The first-order chi connectivity index (χ1) is 26.5. The first kappa shape index (κ1) is 38.1. The molecule has 1 spiro atoms. The normalized spacial score (nSPS) is 21.8. The Labute approximate surface area is 322 Å². The zero-order valence-electron chi connectivity index (χ0n) is 31.9. The van der Waals surface area contributed by atoms with Gasteiger partial charge in [0.2, 0.25) is 0 Å². The molecule has 0 bridgehead atoms. The quantitative estimate of drug-likeness (QED) is 0.132. The van der Waals surface area contributed by atoms with Crippen LogP contribution < -0.4 is 20.1 Å². The minimum absolute atomic E-state index is 0.0483. The summed E-state index contributed by atoms with van der Waals surface area (Å²) in [6, 6.07) is 33.4. The van der Waals surface area contributed by atoms with E-state index in [1.165, 1.54) is 12.1 Å². The van der Waals surface area contributed by atoms with Gasteiger partial charge >= 0.3 is 0 Å². The minimum atomic E-state index is -2.36. The van der Waals surface area contributed by atoms with Crippen LogP contribution in [0.3, 0.4) is 0 Å². The van der Waals surface area contributed by atoms with E-state index in [4.69, 9.17) is 9.47 Å². The topological polar surface area (TPSA) is 139 Å². The zero-order valence-corrected chi connectivity index (χ0v) is 32.9. The summed E-state index contributed by atoms with van der Waals surface area (Å²) in [6.07, 6.45) is 1.11. The summed E-state index contributed by atoms with van der Waals surface area (Å²) in [5.74, 6) is -0.225. The molecule has 1 unspecified atom stereocenters. The van der Waals surface area contributed by atoms with Crippen molar-refractivity contribution < 1.29 is 29.3 Å². The van der Waals surface area contributed by atoms with Crippen molar-refractivity contribution in [3.05, 3.63) is 132 Å². The molecule has 11 nitrogen and oxygen atoms in total. The standard InChI is InChI=1S/C43H49N5O6Si/c1-28-40(55(4,5)34-21-19-33(53-3)20-22-34)39(23-24-47-26-37(45-46-47)35(27-49)31-11-7-6-8-12-31)54-43(28)36-13-9-10-14-38(36)48(42(43)52)25-30-15-17-32(18-16-30)44-41(51)29(2)50/h6-22,26,28-29,35,39-40,49-50H,23-25,27H2,1-5H3,(H,44,51)/t28-,29+,35?,39+,40-,43+/m1/s1. The van der Waals surface area contributed by atoms with E-state index in [0.29, 0.717) is 30.9 Å². The molecule has 2 aliphatic heterocycles. The van der Waals surface area contributed by atoms with Gasteiger partial charge in [-0.05, 0) is 60.3 Å². The van der Waals surface area contributed by atoms with E-state index in [9.17, 15) is 15.0 Å². The van der Waals surface area contributed by atoms with E-state index < -0.39 is 25.7 Å². The number of methoxy groups -OCH3 is 1. The first-order valence-electron chi connectivity index (χ1n) is 18.9. The van der Waals surface area contributed by atoms with Crippen LogP contribution in [0.2, 0.25) is 18.6 Å². The number of hydrogen-bond acceptors (Lipinski definition) is 8. The Hall–Kier alpha value is -5.14. The molecule has 0 saturated carbocycles. The van der Waals surface area contributed by atoms with Crippen molar-refractivity contribution in [2.75, 3.05) is 23.9 Å². The summed E-state index contributed by atoms with van der Waals surface area (Å²) in [5, 5.41) is 32.8. The third kappa shape index (κ3) is 7.11. The van der Waals surface area contributed by atoms with E-state index in [1.54, 1.807) is 19.2 Å². The molecule has 0 aliphatic carbocycles. The van der Waals surface area contributed by atoms with Crippen LogP contribution in [0.15, 0.2) is 109 Å². The fourth-order valence-corrected chi connectivity index (χ4v) is 12.8. The molecule has 6 atom stereocenters. The van der Waals surface area contributed by atoms with Crippen LogP contribution in [0.1, 0.15) is 48.6 Å². The van der Waals surface area contributed by atoms with Crippen LogP contribution in [0.4, 0.5) is 11.4 Å². The molecule has 286 valence electrons. The molecule has 5 aromatic rings. The maximum atomic E-state index is 15.1. The number of rotatable bonds is 13. The first-order valence-corrected chi connectivity index (χ1v) is 21.9. The summed E-state index contributed by atoms with van der Waals surface area (Å²) < 4.78 is 14.6. The summed E-state index contributed by atoms with van der Waals surface area (Å²) in [4.78, 5) is 29.0. The molecular weight excluding hydrogens is 711 g/mol. The SMILES string of the molecule is COc1ccc([Si](C)(C)[C@H]2[C@H](CCn3cc(C(CO)c4ccccc4)nn3)O[C@@]3(C(=O)N(Cc4ccc(NC(=O)[C@H](C)O)cc4)c4ccccc43)[C@@H]2C)cc1. The Bertz CT molecular complexity index is 2120. The monoisotopic (exact) mass is 759 g/mol. The van der Waals surface area contributed by atoms with Gasteiger partial charge < -0.3 is 29.9 Å². The number of hydrogen-bond donors (Lipinski definition) is 3. The smallest absolute Gasteiger partial charge is 0.264 e. The fourth-order valence-electron chi connectivity index (χ4n) is 8.71. The van der Waals surface area contributed by atoms with Crippen LogP contribution in [0.5, 0.6) is 5.75 Å². The van der Waals surface area contributed by atoms with Crippen molar-refractivity contribution in [1.29, 1.82) is 0 Å². The molecule has 1 saturated heterocycles. The number of aromatic nitrogens is 3. The molecule has 55 heavy (non-hydrogen) atoms. The molecule has 3 heterocycles. The Balaban J connectivity index is 1.21. The van der Waals surface area contributed by atoms with Gasteiger partial charge in [0.1, 0.15) is 11.9 Å². The Kier molecular flexibility index (Phi) is 10.8. The second-order valence-electron chi connectivity index (χ2n) is 15.3. The predicted octanol–water partition coefficient (Wildman–Crippen LogP) is 5.58. The fraction of sp³-hybridized carbons (Fsp3) is 0.349. The molecule has 1 aromatic heterocycles. The predicted molar refractivity (Wildman–Crippen MR) is 214 cm³/mol. The molecule has 7 rings (SSSR count). The van der Waals surface area contributed by atoms with Gasteiger partial charge in [-0.25, -0.2) is 0 Å². The highest BCUT2D eigenvalue weighted by Crippen LogP contribution is 2.60. The van der Waals surface area contributed by atoms with Gasteiger partial charge in [0, 0.05) is 29.9 Å². The average molecular weight is 760 g/mol. The highest BCUT2D eigenvalue weighted by Gasteiger charge is 2.66. The van der Waals surface area contributed by atoms with E-state index >= 15 is 4.79 Å². The zero-order chi connectivity index (χ0) is 38.9. The number of aryl methyl sites for hydroxylation is 1. The van der Waals surface area contributed by atoms with Gasteiger partial charge in [-0.3, -0.25) is 14.3 Å². The van der Waals surface area contributed by atoms with Gasteiger partial charge in [0.15, 0.2) is 5.60 Å². The summed E-state index contributed by atoms with van der Waals surface area (Å²) in [7, 11) is -0.692. The molecule has 2 aliphatic rings. The van der Waals surface area contributed by atoms with Crippen LogP contribution in [-0.2, 0) is 33.0 Å². The highest BCUT2D eigenvalue weighted by atomic mass is 28.3. The third-order valence-corrected chi connectivity index (χ3v) is 16.0. The average Bonchev–Trinajstić information content (AvgIpc) is 3.85. The summed E-state index contributed by atoms with van der Waals surface area (Å²) in [5.41, 5.74) is 3.67. The summed E-state index contributed by atoms with van der Waals surface area (Å²) in [6.45, 7) is 9.09. The molecule has 3 N–H and O–H groups in total. The van der Waals surface area contributed by atoms with Gasteiger partial charge in [0.05, 0.1) is 51.7 Å². The number of carbonyl (C=O) groups is 2. The maximum Gasteiger partial charge on any atom is 0.264 e. The van der Waals surface area contributed by atoms with Crippen molar-refractivity contribution >= 4 is 36.4 Å². The molecule has 1 fully saturated rings. The van der Waals surface area contributed by atoms with Gasteiger partial charge in [-0.2, -0.15) is 0 Å². The minimum Gasteiger partial charge on any atom is -0.497 e. The highest BCUT2D eigenvalue weighted by molar-refractivity contribution is 6.91. The van der Waals surface area contributed by atoms with Gasteiger partial charge in [-0.15, -0.1) is 5.10 Å². The van der Waals surface area contributed by atoms with Crippen molar-refractivity contribution in [3.8, 4) is 5.75 Å². The number of fused-ring (bicyclic) bond motifs is 2. The lowest BCUT2D eigenvalue weighted by molar-refractivity contribution is -0.146. The molecule has 4 aromatic carbocycles. The number of amides is 2. The van der Waals surface area contributed by atoms with Gasteiger partial charge in [0.25, 0.3) is 11.8 Å². The number of nitrogens with one attached hydrogen (secondary N) is 1. The molecule has 12 heteroatoms. The van der Waals surface area contributed by atoms with Crippen molar-refractivity contribution in [2.24, 2.45) is 5.92 Å². The lowest BCUT2D eigenvalue weighted by Gasteiger charge is -2.37. The van der Waals surface area contributed by atoms with E-state index in [-0.39, 0.29) is 36.0 Å².